The van der Waals surface area contributed by atoms with Gasteiger partial charge in [-0.05, 0) is 33.0 Å². The quantitative estimate of drug-likeness (QED) is 0.421. The summed E-state index contributed by atoms with van der Waals surface area (Å²) in [6.45, 7) is 0. The Kier molecular flexibility index (Phi) is 2.86. The lowest BCUT2D eigenvalue weighted by molar-refractivity contribution is 0.573. The summed E-state index contributed by atoms with van der Waals surface area (Å²) >= 11 is 0.965. The Morgan fingerprint density at radius 3 is 2.90 bits per heavy atom. The van der Waals surface area contributed by atoms with Gasteiger partial charge in [-0.15, -0.1) is 0 Å². The highest BCUT2D eigenvalue weighted by atomic mass is 127. The molecule has 0 aromatic carbocycles. The van der Waals surface area contributed by atoms with E-state index in [-0.39, 0.29) is 0 Å². The Morgan fingerprint density at radius 2 is 2.50 bits per heavy atom. The molecule has 1 aromatic rings. The molecule has 0 N–H and O–H groups in total. The van der Waals surface area contributed by atoms with Crippen molar-refractivity contribution in [3.63, 3.8) is 0 Å². The first-order valence-corrected chi connectivity index (χ1v) is 5.27. The molecule has 1 atom stereocenters. The molecule has 0 bridgehead atoms. The molecular weight excluding hydrogens is 267 g/mol. The molecule has 1 unspecified atom stereocenters. The molecule has 0 radical (unpaired) electrons. The lowest BCUT2D eigenvalue weighted by Gasteiger charge is -2.01. The summed E-state index contributed by atoms with van der Waals surface area (Å²) in [5.41, 5.74) is 0. The van der Waals surface area contributed by atoms with E-state index in [1.165, 1.54) is 4.68 Å². The van der Waals surface area contributed by atoms with Gasteiger partial charge in [0.25, 0.3) is 0 Å². The number of hydrogen-bond acceptors (Lipinski definition) is 4. The van der Waals surface area contributed by atoms with Crippen LogP contribution >= 0.6 is 22.6 Å². The van der Waals surface area contributed by atoms with Gasteiger partial charge in [0.05, 0.1) is 0 Å². The third-order valence-electron chi connectivity index (χ3n) is 0.884. The van der Waals surface area contributed by atoms with E-state index in [1.807, 2.05) is 22.6 Å². The predicted molar refractivity (Wildman–Crippen MR) is 44.1 cm³/mol. The number of tetrazole rings is 1. The number of hydrogen-bond donors (Lipinski definition) is 0. The number of aromatic nitrogens is 4. The fraction of sp³-hybridized carbons (Fsp3) is 0.667. The summed E-state index contributed by atoms with van der Waals surface area (Å²) in [6.07, 6.45) is 0. The summed E-state index contributed by atoms with van der Waals surface area (Å²) in [4.78, 5) is 0. The molecule has 1 aromatic heterocycles. The highest BCUT2D eigenvalue weighted by Gasteiger charge is 2.15. The van der Waals surface area contributed by atoms with Gasteiger partial charge < -0.3 is 4.55 Å². The topological polar surface area (TPSA) is 66.7 Å². The minimum absolute atomic E-state index is 0.425. The second-order valence-corrected chi connectivity index (χ2v) is 4.68. The monoisotopic (exact) mass is 272 g/mol. The fourth-order valence-electron chi connectivity index (χ4n) is 0.463. The van der Waals surface area contributed by atoms with Crippen LogP contribution in [0.2, 0.25) is 0 Å². The number of aryl methyl sites for hydroxylation is 1. The smallest absolute Gasteiger partial charge is 0.361 e. The van der Waals surface area contributed by atoms with Gasteiger partial charge in [-0.1, -0.05) is 5.10 Å². The maximum Gasteiger partial charge on any atom is 0.361 e. The number of alkyl halides is 1. The minimum atomic E-state index is -1.06. The van der Waals surface area contributed by atoms with Crippen molar-refractivity contribution in [1.82, 2.24) is 20.2 Å². The van der Waals surface area contributed by atoms with E-state index < -0.39 is 11.2 Å². The Balaban J connectivity index is 2.82. The maximum atomic E-state index is 11.0. The first-order valence-electron chi connectivity index (χ1n) is 2.42. The van der Waals surface area contributed by atoms with Gasteiger partial charge in [-0.3, -0.25) is 0 Å². The normalized spacial score (nSPS) is 13.5. The van der Waals surface area contributed by atoms with Crippen molar-refractivity contribution in [3.8, 4) is 0 Å². The zero-order valence-corrected chi connectivity index (χ0v) is 8.16. The Bertz CT molecular complexity index is 216. The van der Waals surface area contributed by atoms with Crippen molar-refractivity contribution in [2.45, 2.75) is 5.16 Å². The molecule has 0 spiro atoms. The second-order valence-electron chi connectivity index (χ2n) is 1.54. The lowest BCUT2D eigenvalue weighted by atomic mass is 11.2. The number of halogens is 1. The predicted octanol–water partition coefficient (Wildman–Crippen LogP) is -0.290. The SMILES string of the molecule is Cn1nnnc1[S+]([O-])CI. The molecule has 10 heavy (non-hydrogen) atoms. The van der Waals surface area contributed by atoms with Crippen molar-refractivity contribution in [1.29, 1.82) is 0 Å². The van der Waals surface area contributed by atoms with E-state index >= 15 is 0 Å². The van der Waals surface area contributed by atoms with E-state index in [0.717, 1.165) is 0 Å². The molecule has 0 aliphatic rings. The fourth-order valence-corrected chi connectivity index (χ4v) is 1.85. The van der Waals surface area contributed by atoms with Crippen LogP contribution in [0.15, 0.2) is 5.16 Å². The minimum Gasteiger partial charge on any atom is -0.608 e. The molecule has 1 heterocycles. The van der Waals surface area contributed by atoms with E-state index in [9.17, 15) is 4.55 Å². The molecule has 0 aliphatic heterocycles. The van der Waals surface area contributed by atoms with Crippen molar-refractivity contribution >= 4 is 33.8 Å². The van der Waals surface area contributed by atoms with Crippen LogP contribution in [0.4, 0.5) is 0 Å². The summed E-state index contributed by atoms with van der Waals surface area (Å²) in [7, 11) is 1.67. The van der Waals surface area contributed by atoms with Gasteiger partial charge in [0.15, 0.2) is 3.76 Å². The first kappa shape index (κ1) is 8.21. The van der Waals surface area contributed by atoms with Crippen molar-refractivity contribution in [2.75, 3.05) is 3.76 Å². The molecule has 5 nitrogen and oxygen atoms in total. The summed E-state index contributed by atoms with van der Waals surface area (Å²) in [5.74, 6) is 0. The van der Waals surface area contributed by atoms with E-state index in [2.05, 4.69) is 15.5 Å². The van der Waals surface area contributed by atoms with E-state index in [4.69, 9.17) is 0 Å². The number of nitrogens with zero attached hydrogens (tertiary/aromatic N) is 4. The van der Waals surface area contributed by atoms with Gasteiger partial charge >= 0.3 is 5.16 Å². The third-order valence-corrected chi connectivity index (χ3v) is 3.53. The molecule has 7 heteroatoms. The van der Waals surface area contributed by atoms with Crippen LogP contribution in [0.3, 0.4) is 0 Å². The maximum absolute atomic E-state index is 11.0. The summed E-state index contributed by atoms with van der Waals surface area (Å²) in [6, 6.07) is 0. The van der Waals surface area contributed by atoms with Crippen molar-refractivity contribution in [3.05, 3.63) is 0 Å². The molecule has 0 aliphatic carbocycles. The summed E-state index contributed by atoms with van der Waals surface area (Å²) < 4.78 is 13.0. The summed E-state index contributed by atoms with van der Waals surface area (Å²) in [5, 5.41) is 10.9. The van der Waals surface area contributed by atoms with Crippen LogP contribution in [0, 0.1) is 0 Å². The van der Waals surface area contributed by atoms with Gasteiger partial charge in [0.1, 0.15) is 0 Å². The molecule has 0 amide bonds. The molecular formula is C3H5IN4OS. The van der Waals surface area contributed by atoms with Crippen LogP contribution in [-0.4, -0.2) is 28.5 Å². The van der Waals surface area contributed by atoms with Gasteiger partial charge in [-0.2, -0.15) is 4.68 Å². The third kappa shape index (κ3) is 1.58. The average Bonchev–Trinajstić information content (AvgIpc) is 2.34. The van der Waals surface area contributed by atoms with Gasteiger partial charge in [0.2, 0.25) is 0 Å². The Morgan fingerprint density at radius 1 is 1.80 bits per heavy atom. The number of rotatable bonds is 2. The van der Waals surface area contributed by atoms with Crippen molar-refractivity contribution in [2.24, 2.45) is 7.05 Å². The average molecular weight is 272 g/mol. The van der Waals surface area contributed by atoms with E-state index in [0.29, 0.717) is 8.92 Å². The Hall–Kier alpha value is 0.110. The van der Waals surface area contributed by atoms with Crippen molar-refractivity contribution < 1.29 is 4.55 Å². The molecule has 56 valence electrons. The zero-order chi connectivity index (χ0) is 7.56. The standard InChI is InChI=1S/C3H5IN4OS/c1-8-3(5-6-7-8)10(9)2-4/h2H2,1H3. The highest BCUT2D eigenvalue weighted by molar-refractivity contribution is 14.1. The largest absolute Gasteiger partial charge is 0.608 e. The van der Waals surface area contributed by atoms with Crippen LogP contribution in [-0.2, 0) is 18.2 Å². The highest BCUT2D eigenvalue weighted by Crippen LogP contribution is 2.06. The van der Waals surface area contributed by atoms with Crippen LogP contribution in [0.1, 0.15) is 0 Å². The zero-order valence-electron chi connectivity index (χ0n) is 5.19. The van der Waals surface area contributed by atoms with Gasteiger partial charge in [0, 0.05) is 18.2 Å². The lowest BCUT2D eigenvalue weighted by Crippen LogP contribution is -2.09. The first-order chi connectivity index (χ1) is 4.75. The van der Waals surface area contributed by atoms with E-state index in [1.54, 1.807) is 7.05 Å². The molecule has 0 saturated heterocycles. The van der Waals surface area contributed by atoms with Gasteiger partial charge in [-0.25, -0.2) is 0 Å². The van der Waals surface area contributed by atoms with Crippen LogP contribution in [0.5, 0.6) is 0 Å². The van der Waals surface area contributed by atoms with Crippen LogP contribution < -0.4 is 0 Å². The molecule has 0 fully saturated rings. The second kappa shape index (κ2) is 3.49. The Labute approximate surface area is 74.5 Å². The molecule has 1 rings (SSSR count). The van der Waals surface area contributed by atoms with Crippen LogP contribution in [0.25, 0.3) is 0 Å². The molecule has 0 saturated carbocycles.